The molecular weight excluding hydrogens is 269 g/mol. The SMILES string of the molecule is O=C(Nc1c(F)cc(F)cc1F)C1NCC2CCCC21. The largest absolute Gasteiger partial charge is 0.320 e. The van der Waals surface area contributed by atoms with Gasteiger partial charge in [0, 0.05) is 12.1 Å². The Morgan fingerprint density at radius 3 is 2.60 bits per heavy atom. The number of rotatable bonds is 2. The molecule has 1 aliphatic carbocycles. The van der Waals surface area contributed by atoms with Gasteiger partial charge in [-0.3, -0.25) is 4.79 Å². The van der Waals surface area contributed by atoms with Gasteiger partial charge in [-0.25, -0.2) is 13.2 Å². The normalized spacial score (nSPS) is 28.4. The van der Waals surface area contributed by atoms with E-state index in [1.54, 1.807) is 0 Å². The minimum atomic E-state index is -1.10. The van der Waals surface area contributed by atoms with Crippen molar-refractivity contribution in [1.82, 2.24) is 5.32 Å². The van der Waals surface area contributed by atoms with E-state index in [2.05, 4.69) is 10.6 Å². The summed E-state index contributed by atoms with van der Waals surface area (Å²) in [5.41, 5.74) is -0.584. The van der Waals surface area contributed by atoms with E-state index in [-0.39, 0.29) is 5.92 Å². The molecule has 1 aliphatic heterocycles. The summed E-state index contributed by atoms with van der Waals surface area (Å²) in [4.78, 5) is 12.1. The van der Waals surface area contributed by atoms with Crippen LogP contribution in [0.4, 0.5) is 18.9 Å². The molecule has 108 valence electrons. The first-order chi connectivity index (χ1) is 9.56. The number of benzene rings is 1. The Hall–Kier alpha value is -1.56. The molecule has 0 aromatic heterocycles. The molecule has 3 nitrogen and oxygen atoms in total. The quantitative estimate of drug-likeness (QED) is 0.875. The predicted molar refractivity (Wildman–Crippen MR) is 67.6 cm³/mol. The fraction of sp³-hybridized carbons (Fsp3) is 0.500. The molecule has 0 spiro atoms. The summed E-state index contributed by atoms with van der Waals surface area (Å²) < 4.78 is 39.8. The molecule has 1 amide bonds. The van der Waals surface area contributed by atoms with Crippen molar-refractivity contribution in [2.45, 2.75) is 25.3 Å². The number of carbonyl (C=O) groups is 1. The average Bonchev–Trinajstić information content (AvgIpc) is 2.95. The number of fused-ring (bicyclic) bond motifs is 1. The van der Waals surface area contributed by atoms with Gasteiger partial charge in [-0.15, -0.1) is 0 Å². The minimum absolute atomic E-state index is 0.224. The number of hydrogen-bond donors (Lipinski definition) is 2. The molecule has 2 aliphatic rings. The summed E-state index contributed by atoms with van der Waals surface area (Å²) in [6.45, 7) is 0.761. The molecule has 0 radical (unpaired) electrons. The Labute approximate surface area is 114 Å². The zero-order valence-electron chi connectivity index (χ0n) is 10.8. The molecule has 1 aromatic rings. The van der Waals surface area contributed by atoms with Crippen LogP contribution in [0, 0.1) is 29.3 Å². The van der Waals surface area contributed by atoms with Crippen molar-refractivity contribution in [2.75, 3.05) is 11.9 Å². The van der Waals surface area contributed by atoms with Crippen LogP contribution in [0.15, 0.2) is 12.1 Å². The first-order valence-electron chi connectivity index (χ1n) is 6.75. The number of hydrogen-bond acceptors (Lipinski definition) is 2. The van der Waals surface area contributed by atoms with Crippen LogP contribution in [0.2, 0.25) is 0 Å². The third kappa shape index (κ3) is 2.28. The average molecular weight is 284 g/mol. The Morgan fingerprint density at radius 1 is 1.20 bits per heavy atom. The van der Waals surface area contributed by atoms with E-state index in [0.717, 1.165) is 25.8 Å². The zero-order valence-corrected chi connectivity index (χ0v) is 10.8. The van der Waals surface area contributed by atoms with Gasteiger partial charge in [0.25, 0.3) is 0 Å². The van der Waals surface area contributed by atoms with Crippen LogP contribution < -0.4 is 10.6 Å². The van der Waals surface area contributed by atoms with E-state index >= 15 is 0 Å². The number of halogens is 3. The Morgan fingerprint density at radius 2 is 1.90 bits per heavy atom. The van der Waals surface area contributed by atoms with Crippen molar-refractivity contribution in [3.8, 4) is 0 Å². The zero-order chi connectivity index (χ0) is 14.3. The van der Waals surface area contributed by atoms with Crippen molar-refractivity contribution >= 4 is 11.6 Å². The molecule has 2 N–H and O–H groups in total. The maximum Gasteiger partial charge on any atom is 0.241 e. The first-order valence-corrected chi connectivity index (χ1v) is 6.75. The summed E-state index contributed by atoms with van der Waals surface area (Å²) in [7, 11) is 0. The second kappa shape index (κ2) is 5.09. The minimum Gasteiger partial charge on any atom is -0.320 e. The van der Waals surface area contributed by atoms with Gasteiger partial charge in [0.1, 0.15) is 11.5 Å². The molecule has 3 atom stereocenters. The van der Waals surface area contributed by atoms with Gasteiger partial charge in [0.15, 0.2) is 11.6 Å². The van der Waals surface area contributed by atoms with Crippen LogP contribution in [-0.4, -0.2) is 18.5 Å². The first kappa shape index (κ1) is 13.4. The van der Waals surface area contributed by atoms with Crippen LogP contribution in [0.1, 0.15) is 19.3 Å². The third-order valence-corrected chi connectivity index (χ3v) is 4.28. The van der Waals surface area contributed by atoms with E-state index in [1.165, 1.54) is 0 Å². The highest BCUT2D eigenvalue weighted by molar-refractivity contribution is 5.95. The summed E-state index contributed by atoms with van der Waals surface area (Å²) in [5, 5.41) is 5.34. The molecule has 3 unspecified atom stereocenters. The van der Waals surface area contributed by atoms with E-state index in [0.29, 0.717) is 18.1 Å². The van der Waals surface area contributed by atoms with Gasteiger partial charge in [-0.1, -0.05) is 6.42 Å². The van der Waals surface area contributed by atoms with Crippen molar-refractivity contribution in [1.29, 1.82) is 0 Å². The summed E-state index contributed by atoms with van der Waals surface area (Å²) in [6.07, 6.45) is 3.12. The fourth-order valence-corrected chi connectivity index (χ4v) is 3.34. The lowest BCUT2D eigenvalue weighted by Crippen LogP contribution is -2.40. The number of anilines is 1. The van der Waals surface area contributed by atoms with E-state index in [9.17, 15) is 18.0 Å². The topological polar surface area (TPSA) is 41.1 Å². The smallest absolute Gasteiger partial charge is 0.241 e. The lowest BCUT2D eigenvalue weighted by Gasteiger charge is -2.18. The standard InChI is InChI=1S/C14H15F3N2O/c15-8-4-10(16)13(11(17)5-8)19-14(20)12-9-3-1-2-7(9)6-18-12/h4-5,7,9,12,18H,1-3,6H2,(H,19,20). The molecule has 1 heterocycles. The second-order valence-corrected chi connectivity index (χ2v) is 5.47. The Kier molecular flexibility index (Phi) is 3.41. The number of nitrogens with one attached hydrogen (secondary N) is 2. The third-order valence-electron chi connectivity index (χ3n) is 4.28. The molecule has 2 fully saturated rings. The lowest BCUT2D eigenvalue weighted by atomic mass is 9.93. The Bertz CT molecular complexity index is 526. The second-order valence-electron chi connectivity index (χ2n) is 5.47. The molecule has 1 saturated heterocycles. The van der Waals surface area contributed by atoms with Crippen molar-refractivity contribution in [3.63, 3.8) is 0 Å². The van der Waals surface area contributed by atoms with Gasteiger partial charge in [-0.05, 0) is 31.2 Å². The van der Waals surface area contributed by atoms with Crippen molar-refractivity contribution in [2.24, 2.45) is 11.8 Å². The van der Waals surface area contributed by atoms with Crippen LogP contribution >= 0.6 is 0 Å². The highest BCUT2D eigenvalue weighted by atomic mass is 19.1. The summed E-state index contributed by atoms with van der Waals surface area (Å²) >= 11 is 0. The van der Waals surface area contributed by atoms with Crippen LogP contribution in [-0.2, 0) is 4.79 Å². The molecule has 0 bridgehead atoms. The van der Waals surface area contributed by atoms with Gasteiger partial charge in [0.2, 0.25) is 5.91 Å². The molecule has 20 heavy (non-hydrogen) atoms. The number of amides is 1. The lowest BCUT2D eigenvalue weighted by molar-refractivity contribution is -0.118. The summed E-state index contributed by atoms with van der Waals surface area (Å²) in [6, 6.07) is 0.685. The van der Waals surface area contributed by atoms with Crippen LogP contribution in [0.3, 0.4) is 0 Å². The molecule has 3 rings (SSSR count). The van der Waals surface area contributed by atoms with Gasteiger partial charge in [0.05, 0.1) is 6.04 Å². The molecule has 1 aromatic carbocycles. The fourth-order valence-electron chi connectivity index (χ4n) is 3.34. The maximum atomic E-state index is 13.5. The molecule has 6 heteroatoms. The predicted octanol–water partition coefficient (Wildman–Crippen LogP) is 2.43. The van der Waals surface area contributed by atoms with E-state index in [4.69, 9.17) is 0 Å². The van der Waals surface area contributed by atoms with Gasteiger partial charge >= 0.3 is 0 Å². The van der Waals surface area contributed by atoms with Gasteiger partial charge in [-0.2, -0.15) is 0 Å². The highest BCUT2D eigenvalue weighted by Crippen LogP contribution is 2.38. The van der Waals surface area contributed by atoms with Crippen molar-refractivity contribution in [3.05, 3.63) is 29.6 Å². The molecule has 1 saturated carbocycles. The van der Waals surface area contributed by atoms with Crippen LogP contribution in [0.5, 0.6) is 0 Å². The maximum absolute atomic E-state index is 13.5. The van der Waals surface area contributed by atoms with Crippen molar-refractivity contribution < 1.29 is 18.0 Å². The van der Waals surface area contributed by atoms with Crippen LogP contribution in [0.25, 0.3) is 0 Å². The van der Waals surface area contributed by atoms with Gasteiger partial charge < -0.3 is 10.6 Å². The highest BCUT2D eigenvalue weighted by Gasteiger charge is 2.42. The van der Waals surface area contributed by atoms with E-state index in [1.807, 2.05) is 0 Å². The molecular formula is C14H15F3N2O. The number of carbonyl (C=O) groups excluding carboxylic acids is 1. The summed E-state index contributed by atoms with van der Waals surface area (Å²) in [5.74, 6) is -2.97. The monoisotopic (exact) mass is 284 g/mol. The Balaban J connectivity index is 1.76. The van der Waals surface area contributed by atoms with E-state index < -0.39 is 35.1 Å².